The molecular formula is C12H14O3S. The van der Waals surface area contributed by atoms with Gasteiger partial charge in [0.25, 0.3) is 0 Å². The summed E-state index contributed by atoms with van der Waals surface area (Å²) >= 11 is 0. The van der Waals surface area contributed by atoms with E-state index in [1.165, 1.54) is 0 Å². The molecule has 1 saturated carbocycles. The average Bonchev–Trinajstić information content (AvgIpc) is 3.02. The summed E-state index contributed by atoms with van der Waals surface area (Å²) in [5.74, 6) is -0.846. The average molecular weight is 238 g/mol. The number of carbonyl (C=O) groups is 1. The molecule has 0 aliphatic heterocycles. The minimum absolute atomic E-state index is 0.0969. The molecule has 1 aromatic carbocycles. The number of benzene rings is 1. The molecule has 1 N–H and O–H groups in total. The molecule has 0 radical (unpaired) electrons. The molecule has 1 fully saturated rings. The van der Waals surface area contributed by atoms with Crippen molar-refractivity contribution in [2.45, 2.75) is 29.9 Å². The Balaban J connectivity index is 2.22. The molecular weight excluding hydrogens is 224 g/mol. The van der Waals surface area contributed by atoms with Gasteiger partial charge >= 0.3 is 5.97 Å². The quantitative estimate of drug-likeness (QED) is 0.872. The van der Waals surface area contributed by atoms with Gasteiger partial charge in [-0.15, -0.1) is 0 Å². The molecule has 0 heterocycles. The van der Waals surface area contributed by atoms with Crippen molar-refractivity contribution in [3.05, 3.63) is 29.8 Å². The van der Waals surface area contributed by atoms with Crippen molar-refractivity contribution in [1.82, 2.24) is 0 Å². The van der Waals surface area contributed by atoms with E-state index in [1.54, 1.807) is 12.1 Å². The highest BCUT2D eigenvalue weighted by Gasteiger charge is 2.40. The zero-order chi connectivity index (χ0) is 11.7. The van der Waals surface area contributed by atoms with Crippen LogP contribution >= 0.6 is 0 Å². The third kappa shape index (κ3) is 2.32. The fourth-order valence-corrected chi connectivity index (χ4v) is 3.19. The SMILES string of the molecule is Cc1ccc(S(=O)C(C(=O)O)C2CC2)cc1. The van der Waals surface area contributed by atoms with Gasteiger partial charge in [0.1, 0.15) is 5.25 Å². The molecule has 0 amide bonds. The van der Waals surface area contributed by atoms with Crippen LogP contribution in [0.5, 0.6) is 0 Å². The largest absolute Gasteiger partial charge is 0.480 e. The van der Waals surface area contributed by atoms with Crippen LogP contribution in [0.4, 0.5) is 0 Å². The summed E-state index contributed by atoms with van der Waals surface area (Å²) in [6, 6.07) is 7.23. The van der Waals surface area contributed by atoms with Crippen LogP contribution in [0.1, 0.15) is 18.4 Å². The Morgan fingerprint density at radius 3 is 2.38 bits per heavy atom. The number of hydrogen-bond acceptors (Lipinski definition) is 2. The topological polar surface area (TPSA) is 54.4 Å². The monoisotopic (exact) mass is 238 g/mol. The maximum Gasteiger partial charge on any atom is 0.319 e. The normalized spacial score (nSPS) is 19.1. The lowest BCUT2D eigenvalue weighted by Crippen LogP contribution is -2.27. The van der Waals surface area contributed by atoms with Gasteiger partial charge in [-0.05, 0) is 37.8 Å². The van der Waals surface area contributed by atoms with Crippen molar-refractivity contribution >= 4 is 16.8 Å². The van der Waals surface area contributed by atoms with Crippen LogP contribution in [0, 0.1) is 12.8 Å². The van der Waals surface area contributed by atoms with Gasteiger partial charge in [-0.3, -0.25) is 9.00 Å². The van der Waals surface area contributed by atoms with Gasteiger partial charge in [-0.1, -0.05) is 17.7 Å². The first-order valence-electron chi connectivity index (χ1n) is 5.29. The zero-order valence-corrected chi connectivity index (χ0v) is 9.87. The fourth-order valence-electron chi connectivity index (χ4n) is 1.69. The first-order chi connectivity index (χ1) is 7.59. The van der Waals surface area contributed by atoms with E-state index in [2.05, 4.69) is 0 Å². The van der Waals surface area contributed by atoms with E-state index >= 15 is 0 Å². The number of rotatable bonds is 4. The molecule has 0 spiro atoms. The smallest absolute Gasteiger partial charge is 0.319 e. The second kappa shape index (κ2) is 4.37. The minimum Gasteiger partial charge on any atom is -0.480 e. The minimum atomic E-state index is -1.43. The molecule has 1 aliphatic rings. The zero-order valence-electron chi connectivity index (χ0n) is 9.05. The van der Waals surface area contributed by atoms with Gasteiger partial charge in [0.15, 0.2) is 0 Å². The summed E-state index contributed by atoms with van der Waals surface area (Å²) in [7, 11) is -1.43. The predicted molar refractivity (Wildman–Crippen MR) is 61.7 cm³/mol. The standard InChI is InChI=1S/C12H14O3S/c1-8-2-6-10(7-3-8)16(15)11(12(13)14)9-4-5-9/h2-3,6-7,9,11H,4-5H2,1H3,(H,13,14). The highest BCUT2D eigenvalue weighted by molar-refractivity contribution is 7.86. The number of carboxylic acid groups (broad SMARTS) is 1. The van der Waals surface area contributed by atoms with Crippen LogP contribution in [0.15, 0.2) is 29.2 Å². The predicted octanol–water partition coefficient (Wildman–Crippen LogP) is 1.97. The van der Waals surface area contributed by atoms with Crippen LogP contribution in [0.25, 0.3) is 0 Å². The van der Waals surface area contributed by atoms with Gasteiger partial charge < -0.3 is 5.11 Å². The van der Waals surface area contributed by atoms with Gasteiger partial charge in [-0.2, -0.15) is 0 Å². The van der Waals surface area contributed by atoms with E-state index in [-0.39, 0.29) is 5.92 Å². The summed E-state index contributed by atoms with van der Waals surface area (Å²) in [4.78, 5) is 11.7. The van der Waals surface area contributed by atoms with Gasteiger partial charge in [0.2, 0.25) is 0 Å². The van der Waals surface area contributed by atoms with Crippen molar-refractivity contribution in [3.63, 3.8) is 0 Å². The van der Waals surface area contributed by atoms with Gasteiger partial charge in [0.05, 0.1) is 10.8 Å². The van der Waals surface area contributed by atoms with E-state index in [0.29, 0.717) is 4.90 Å². The Bertz CT molecular complexity index is 420. The van der Waals surface area contributed by atoms with Crippen molar-refractivity contribution in [2.75, 3.05) is 0 Å². The fraction of sp³-hybridized carbons (Fsp3) is 0.417. The summed E-state index contributed by atoms with van der Waals surface area (Å²) in [6.07, 6.45) is 1.77. The summed E-state index contributed by atoms with van der Waals surface area (Å²) in [5.41, 5.74) is 1.08. The third-order valence-corrected chi connectivity index (χ3v) is 4.56. The molecule has 1 aliphatic carbocycles. The lowest BCUT2D eigenvalue weighted by Gasteiger charge is -2.10. The second-order valence-electron chi connectivity index (χ2n) is 4.21. The lowest BCUT2D eigenvalue weighted by molar-refractivity contribution is -0.136. The van der Waals surface area contributed by atoms with E-state index in [9.17, 15) is 9.00 Å². The van der Waals surface area contributed by atoms with E-state index in [1.807, 2.05) is 19.1 Å². The number of aryl methyl sites for hydroxylation is 1. The van der Waals surface area contributed by atoms with Crippen LogP contribution in [-0.2, 0) is 15.6 Å². The molecule has 0 aromatic heterocycles. The first kappa shape index (κ1) is 11.3. The van der Waals surface area contributed by atoms with Crippen molar-refractivity contribution < 1.29 is 14.1 Å². The summed E-state index contributed by atoms with van der Waals surface area (Å²) in [5, 5.41) is 8.34. The van der Waals surface area contributed by atoms with Crippen LogP contribution in [0.2, 0.25) is 0 Å². The molecule has 2 rings (SSSR count). The highest BCUT2D eigenvalue weighted by Crippen LogP contribution is 2.37. The maximum absolute atomic E-state index is 12.1. The number of hydrogen-bond donors (Lipinski definition) is 1. The van der Waals surface area contributed by atoms with Gasteiger partial charge in [-0.25, -0.2) is 0 Å². The molecule has 3 nitrogen and oxygen atoms in total. The molecule has 2 unspecified atom stereocenters. The van der Waals surface area contributed by atoms with E-state index in [4.69, 9.17) is 5.11 Å². The third-order valence-electron chi connectivity index (χ3n) is 2.78. The molecule has 2 atom stereocenters. The van der Waals surface area contributed by atoms with Crippen molar-refractivity contribution in [2.24, 2.45) is 5.92 Å². The lowest BCUT2D eigenvalue weighted by atomic mass is 10.2. The maximum atomic E-state index is 12.1. The number of carboxylic acids is 1. The second-order valence-corrected chi connectivity index (χ2v) is 5.78. The van der Waals surface area contributed by atoms with Crippen LogP contribution < -0.4 is 0 Å². The summed E-state index contributed by atoms with van der Waals surface area (Å²) < 4.78 is 12.1. The van der Waals surface area contributed by atoms with Gasteiger partial charge in [0, 0.05) is 4.90 Å². The van der Waals surface area contributed by atoms with Crippen molar-refractivity contribution in [1.29, 1.82) is 0 Å². The van der Waals surface area contributed by atoms with E-state index < -0.39 is 22.0 Å². The molecule has 0 saturated heterocycles. The first-order valence-corrected chi connectivity index (χ1v) is 6.51. The highest BCUT2D eigenvalue weighted by atomic mass is 32.2. The molecule has 0 bridgehead atoms. The summed E-state index contributed by atoms with van der Waals surface area (Å²) in [6.45, 7) is 1.95. The Hall–Kier alpha value is -1.16. The number of aliphatic carboxylic acids is 1. The molecule has 16 heavy (non-hydrogen) atoms. The molecule has 1 aromatic rings. The Morgan fingerprint density at radius 1 is 1.38 bits per heavy atom. The Morgan fingerprint density at radius 2 is 1.94 bits per heavy atom. The Labute approximate surface area is 96.9 Å². The van der Waals surface area contributed by atoms with Crippen LogP contribution in [0.3, 0.4) is 0 Å². The molecule has 86 valence electrons. The molecule has 4 heteroatoms. The van der Waals surface area contributed by atoms with Crippen LogP contribution in [-0.4, -0.2) is 20.5 Å². The van der Waals surface area contributed by atoms with Crippen molar-refractivity contribution in [3.8, 4) is 0 Å². The van der Waals surface area contributed by atoms with E-state index in [0.717, 1.165) is 18.4 Å². The Kier molecular flexibility index (Phi) is 3.10.